The Morgan fingerprint density at radius 2 is 1.81 bits per heavy atom. The lowest BCUT2D eigenvalue weighted by molar-refractivity contribution is 0.771. The van der Waals surface area contributed by atoms with E-state index in [1.807, 2.05) is 67.8 Å². The van der Waals surface area contributed by atoms with E-state index < -0.39 is 0 Å². The summed E-state index contributed by atoms with van der Waals surface area (Å²) in [6, 6.07) is 15.7. The summed E-state index contributed by atoms with van der Waals surface area (Å²) < 4.78 is 1.81. The lowest BCUT2D eigenvalue weighted by Crippen LogP contribution is -2.26. The molecule has 2 aromatic carbocycles. The van der Waals surface area contributed by atoms with E-state index in [2.05, 4.69) is 31.3 Å². The highest BCUT2D eigenvalue weighted by molar-refractivity contribution is 5.86. The summed E-state index contributed by atoms with van der Waals surface area (Å²) in [4.78, 5) is 29.6. The van der Waals surface area contributed by atoms with Crippen LogP contribution in [0.1, 0.15) is 29.8 Å². The van der Waals surface area contributed by atoms with Gasteiger partial charge in [0.1, 0.15) is 11.8 Å². The molecule has 0 bridgehead atoms. The second kappa shape index (κ2) is 7.36. The van der Waals surface area contributed by atoms with Gasteiger partial charge in [0.2, 0.25) is 0 Å². The molecule has 2 N–H and O–H groups in total. The van der Waals surface area contributed by atoms with E-state index in [0.29, 0.717) is 17.0 Å². The van der Waals surface area contributed by atoms with E-state index in [9.17, 15) is 4.79 Å². The summed E-state index contributed by atoms with van der Waals surface area (Å²) in [5.74, 6) is 0.617. The second-order valence-electron chi connectivity index (χ2n) is 7.72. The van der Waals surface area contributed by atoms with Crippen LogP contribution in [0.4, 0.5) is 5.82 Å². The van der Waals surface area contributed by atoms with Crippen LogP contribution >= 0.6 is 0 Å². The Bertz CT molecular complexity index is 1480. The molecule has 0 aliphatic heterocycles. The number of para-hydroxylation sites is 1. The molecule has 1 unspecified atom stereocenters. The number of anilines is 1. The number of benzene rings is 2. The lowest BCUT2D eigenvalue weighted by Gasteiger charge is -2.22. The van der Waals surface area contributed by atoms with E-state index in [-0.39, 0.29) is 11.6 Å². The normalized spacial score (nSPS) is 12.4. The quantitative estimate of drug-likeness (QED) is 0.457. The Hall–Kier alpha value is -4.00. The van der Waals surface area contributed by atoms with Crippen LogP contribution in [0.3, 0.4) is 0 Å². The molecule has 1 atom stereocenters. The third-order valence-corrected chi connectivity index (χ3v) is 5.65. The van der Waals surface area contributed by atoms with Gasteiger partial charge in [-0.2, -0.15) is 0 Å². The number of fused-ring (bicyclic) bond motifs is 2. The maximum Gasteiger partial charge on any atom is 0.263 e. The fourth-order valence-corrected chi connectivity index (χ4v) is 4.09. The minimum Gasteiger partial charge on any atom is -0.360 e. The molecule has 154 valence electrons. The van der Waals surface area contributed by atoms with Gasteiger partial charge in [-0.1, -0.05) is 36.4 Å². The van der Waals surface area contributed by atoms with Crippen molar-refractivity contribution in [2.24, 2.45) is 0 Å². The minimum absolute atomic E-state index is 0.0267. The van der Waals surface area contributed by atoms with E-state index >= 15 is 0 Å². The second-order valence-corrected chi connectivity index (χ2v) is 7.72. The number of nitrogens with zero attached hydrogens (tertiary/aromatic N) is 4. The van der Waals surface area contributed by atoms with Gasteiger partial charge in [-0.25, -0.2) is 15.0 Å². The van der Waals surface area contributed by atoms with Crippen LogP contribution in [0, 0.1) is 13.8 Å². The number of rotatable bonds is 4. The number of pyridine rings is 1. The standard InChI is InChI=1S/C24H22N6O/c1-14-7-4-5-10-18(14)30-19(11-17-9-6-8-15(2)20(17)24(30)31)16(3)29-23-21-22(26-12-25-21)27-13-28-23/h4-13,16H,1-3H3,(H2,25,26,27,28,29). The van der Waals surface area contributed by atoms with Gasteiger partial charge in [-0.15, -0.1) is 0 Å². The highest BCUT2D eigenvalue weighted by atomic mass is 16.1. The molecular weight excluding hydrogens is 388 g/mol. The summed E-state index contributed by atoms with van der Waals surface area (Å²) in [5, 5.41) is 5.09. The van der Waals surface area contributed by atoms with Gasteiger partial charge in [0.25, 0.3) is 5.56 Å². The molecule has 3 aromatic heterocycles. The molecule has 0 saturated carbocycles. The van der Waals surface area contributed by atoms with E-state index in [0.717, 1.165) is 33.3 Å². The number of hydrogen-bond acceptors (Lipinski definition) is 5. The molecule has 0 saturated heterocycles. The smallest absolute Gasteiger partial charge is 0.263 e. The number of H-pyrrole nitrogens is 1. The Balaban J connectivity index is 1.74. The molecule has 0 aliphatic rings. The minimum atomic E-state index is -0.216. The summed E-state index contributed by atoms with van der Waals surface area (Å²) in [7, 11) is 0. The SMILES string of the molecule is Cc1ccccc1-n1c(C(C)Nc2ncnc3[nH]cnc23)cc2cccc(C)c2c1=O. The Morgan fingerprint density at radius 1 is 1.00 bits per heavy atom. The molecular formula is C24H22N6O. The average Bonchev–Trinajstić information content (AvgIpc) is 3.24. The highest BCUT2D eigenvalue weighted by Crippen LogP contribution is 2.27. The first kappa shape index (κ1) is 19.0. The molecule has 0 aliphatic carbocycles. The molecule has 0 amide bonds. The van der Waals surface area contributed by atoms with Crippen molar-refractivity contribution in [1.82, 2.24) is 24.5 Å². The molecule has 0 fully saturated rings. The maximum atomic E-state index is 13.7. The van der Waals surface area contributed by atoms with Crippen LogP contribution in [-0.2, 0) is 0 Å². The molecule has 31 heavy (non-hydrogen) atoms. The van der Waals surface area contributed by atoms with Crippen LogP contribution in [0.2, 0.25) is 0 Å². The molecule has 7 heteroatoms. The topological polar surface area (TPSA) is 88.5 Å². The van der Waals surface area contributed by atoms with Gasteiger partial charge in [0, 0.05) is 5.69 Å². The third kappa shape index (κ3) is 3.15. The lowest BCUT2D eigenvalue weighted by atomic mass is 10.0. The number of aromatic nitrogens is 5. The van der Waals surface area contributed by atoms with Gasteiger partial charge in [-0.3, -0.25) is 9.36 Å². The number of aryl methyl sites for hydroxylation is 2. The van der Waals surface area contributed by atoms with E-state index in [4.69, 9.17) is 0 Å². The van der Waals surface area contributed by atoms with Crippen LogP contribution in [0.25, 0.3) is 27.6 Å². The highest BCUT2D eigenvalue weighted by Gasteiger charge is 2.19. The van der Waals surface area contributed by atoms with Crippen molar-refractivity contribution in [1.29, 1.82) is 0 Å². The van der Waals surface area contributed by atoms with E-state index in [1.54, 1.807) is 6.33 Å². The van der Waals surface area contributed by atoms with Crippen molar-refractivity contribution in [2.45, 2.75) is 26.8 Å². The average molecular weight is 410 g/mol. The molecule has 5 rings (SSSR count). The Kier molecular flexibility index (Phi) is 4.51. The number of hydrogen-bond donors (Lipinski definition) is 2. The Labute approximate surface area is 178 Å². The first-order valence-electron chi connectivity index (χ1n) is 10.2. The van der Waals surface area contributed by atoms with Gasteiger partial charge in [0.15, 0.2) is 11.5 Å². The predicted molar refractivity (Wildman–Crippen MR) is 123 cm³/mol. The summed E-state index contributed by atoms with van der Waals surface area (Å²) in [6.07, 6.45) is 3.09. The van der Waals surface area contributed by atoms with Crippen LogP contribution in [0.5, 0.6) is 0 Å². The van der Waals surface area contributed by atoms with Crippen molar-refractivity contribution < 1.29 is 0 Å². The van der Waals surface area contributed by atoms with E-state index in [1.165, 1.54) is 6.33 Å². The van der Waals surface area contributed by atoms with Crippen molar-refractivity contribution in [3.05, 3.63) is 88.4 Å². The molecule has 5 aromatic rings. The van der Waals surface area contributed by atoms with Gasteiger partial charge in [0.05, 0.1) is 23.4 Å². The number of aromatic amines is 1. The summed E-state index contributed by atoms with van der Waals surface area (Å²) in [6.45, 7) is 6.01. The Morgan fingerprint density at radius 3 is 2.65 bits per heavy atom. The molecule has 0 radical (unpaired) electrons. The van der Waals surface area contributed by atoms with Crippen molar-refractivity contribution >= 4 is 27.8 Å². The van der Waals surface area contributed by atoms with Crippen molar-refractivity contribution in [2.75, 3.05) is 5.32 Å². The van der Waals surface area contributed by atoms with Gasteiger partial charge in [-0.05, 0) is 49.4 Å². The fraction of sp³-hybridized carbons (Fsp3) is 0.167. The molecule has 3 heterocycles. The maximum absolute atomic E-state index is 13.7. The first-order valence-corrected chi connectivity index (χ1v) is 10.2. The first-order chi connectivity index (χ1) is 15.0. The zero-order valence-electron chi connectivity index (χ0n) is 17.5. The van der Waals surface area contributed by atoms with Crippen molar-refractivity contribution in [3.63, 3.8) is 0 Å². The largest absolute Gasteiger partial charge is 0.360 e. The van der Waals surface area contributed by atoms with Crippen LogP contribution in [0.15, 0.2) is 66.0 Å². The van der Waals surface area contributed by atoms with Gasteiger partial charge < -0.3 is 10.3 Å². The van der Waals surface area contributed by atoms with Crippen LogP contribution < -0.4 is 10.9 Å². The molecule has 0 spiro atoms. The van der Waals surface area contributed by atoms with Gasteiger partial charge >= 0.3 is 0 Å². The number of nitrogens with one attached hydrogen (secondary N) is 2. The predicted octanol–water partition coefficient (Wildman–Crippen LogP) is 4.45. The zero-order valence-corrected chi connectivity index (χ0v) is 17.5. The fourth-order valence-electron chi connectivity index (χ4n) is 4.09. The third-order valence-electron chi connectivity index (χ3n) is 5.65. The summed E-state index contributed by atoms with van der Waals surface area (Å²) in [5.41, 5.74) is 5.01. The van der Waals surface area contributed by atoms with Crippen LogP contribution in [-0.4, -0.2) is 24.5 Å². The van der Waals surface area contributed by atoms with Crippen molar-refractivity contribution in [3.8, 4) is 5.69 Å². The zero-order chi connectivity index (χ0) is 21.5. The summed E-state index contributed by atoms with van der Waals surface area (Å²) >= 11 is 0. The number of imidazole rings is 1. The molecule has 7 nitrogen and oxygen atoms in total. The monoisotopic (exact) mass is 410 g/mol.